The van der Waals surface area contributed by atoms with Crippen molar-refractivity contribution in [2.45, 2.75) is 25.0 Å². The lowest BCUT2D eigenvalue weighted by Gasteiger charge is -2.37. The molecule has 5 heteroatoms. The molecule has 1 aliphatic heterocycles. The van der Waals surface area contributed by atoms with Crippen LogP contribution in [0.3, 0.4) is 0 Å². The minimum Gasteiger partial charge on any atom is -0.480 e. The lowest BCUT2D eigenvalue weighted by Crippen LogP contribution is -2.41. The Morgan fingerprint density at radius 2 is 1.83 bits per heavy atom. The van der Waals surface area contributed by atoms with Crippen LogP contribution in [0.2, 0.25) is 0 Å². The highest BCUT2D eigenvalue weighted by Gasteiger charge is 2.33. The number of hydrogen-bond donors (Lipinski definition) is 2. The van der Waals surface area contributed by atoms with Crippen LogP contribution in [0.4, 0.5) is 0 Å². The molecule has 1 saturated heterocycles. The van der Waals surface area contributed by atoms with Gasteiger partial charge in [-0.2, -0.15) is 11.3 Å². The van der Waals surface area contributed by atoms with Crippen LogP contribution in [0.25, 0.3) is 0 Å². The second kappa shape index (κ2) is 7.25. The molecule has 1 aliphatic rings. The first-order valence-electron chi connectivity index (χ1n) is 7.89. The van der Waals surface area contributed by atoms with E-state index >= 15 is 0 Å². The number of benzene rings is 1. The van der Waals surface area contributed by atoms with Gasteiger partial charge >= 0.3 is 5.97 Å². The van der Waals surface area contributed by atoms with Gasteiger partial charge in [-0.25, -0.2) is 0 Å². The number of thiophene rings is 1. The summed E-state index contributed by atoms with van der Waals surface area (Å²) in [6, 6.07) is 11.0. The van der Waals surface area contributed by atoms with Crippen molar-refractivity contribution >= 4 is 17.3 Å². The molecular weight excluding hydrogens is 310 g/mol. The minimum absolute atomic E-state index is 0.186. The Kier molecular flexibility index (Phi) is 5.10. The summed E-state index contributed by atoms with van der Waals surface area (Å²) in [6.07, 6.45) is 1.15. The summed E-state index contributed by atoms with van der Waals surface area (Å²) >= 11 is 1.52. The highest BCUT2D eigenvalue weighted by Crippen LogP contribution is 2.34. The molecule has 1 aromatic carbocycles. The number of rotatable bonds is 5. The average molecular weight is 331 g/mol. The Balaban J connectivity index is 1.65. The van der Waals surface area contributed by atoms with Crippen molar-refractivity contribution in [2.24, 2.45) is 5.92 Å². The quantitative estimate of drug-likeness (QED) is 0.882. The van der Waals surface area contributed by atoms with Crippen molar-refractivity contribution < 1.29 is 15.0 Å². The van der Waals surface area contributed by atoms with Gasteiger partial charge in [0.05, 0.1) is 6.10 Å². The van der Waals surface area contributed by atoms with Crippen molar-refractivity contribution in [1.82, 2.24) is 4.90 Å². The highest BCUT2D eigenvalue weighted by atomic mass is 32.1. The van der Waals surface area contributed by atoms with Gasteiger partial charge in [-0.1, -0.05) is 30.3 Å². The molecule has 122 valence electrons. The van der Waals surface area contributed by atoms with Crippen LogP contribution in [0.1, 0.15) is 36.1 Å². The second-order valence-electron chi connectivity index (χ2n) is 6.03. The van der Waals surface area contributed by atoms with E-state index in [9.17, 15) is 15.0 Å². The first-order chi connectivity index (χ1) is 11.2. The summed E-state index contributed by atoms with van der Waals surface area (Å²) < 4.78 is 0. The third-order valence-electron chi connectivity index (χ3n) is 4.62. The van der Waals surface area contributed by atoms with Crippen molar-refractivity contribution in [3.05, 3.63) is 58.3 Å². The summed E-state index contributed by atoms with van der Waals surface area (Å²) in [7, 11) is 0. The van der Waals surface area contributed by atoms with E-state index < -0.39 is 18.1 Å². The Morgan fingerprint density at radius 3 is 2.39 bits per heavy atom. The summed E-state index contributed by atoms with van der Waals surface area (Å²) in [5.41, 5.74) is 1.79. The average Bonchev–Trinajstić information content (AvgIpc) is 3.09. The first-order valence-corrected chi connectivity index (χ1v) is 8.83. The third-order valence-corrected chi connectivity index (χ3v) is 5.32. The van der Waals surface area contributed by atoms with E-state index in [1.165, 1.54) is 11.3 Å². The highest BCUT2D eigenvalue weighted by molar-refractivity contribution is 7.08. The maximum absolute atomic E-state index is 11.6. The van der Waals surface area contributed by atoms with Crippen molar-refractivity contribution in [3.63, 3.8) is 0 Å². The number of aliphatic hydroxyl groups is 1. The van der Waals surface area contributed by atoms with E-state index in [-0.39, 0.29) is 5.92 Å². The fraction of sp³-hybridized carbons (Fsp3) is 0.389. The van der Waals surface area contributed by atoms with Gasteiger partial charge in [-0.3, -0.25) is 9.69 Å². The molecule has 2 atom stereocenters. The second-order valence-corrected chi connectivity index (χ2v) is 6.81. The Bertz CT molecular complexity index is 621. The maximum atomic E-state index is 11.6. The molecule has 2 aromatic rings. The van der Waals surface area contributed by atoms with Gasteiger partial charge in [0.1, 0.15) is 6.04 Å². The normalized spacial score (nSPS) is 19.3. The van der Waals surface area contributed by atoms with Gasteiger partial charge in [-0.05, 0) is 59.8 Å². The molecular formula is C18H21NO3S. The van der Waals surface area contributed by atoms with Crippen LogP contribution in [0.15, 0.2) is 47.2 Å². The summed E-state index contributed by atoms with van der Waals surface area (Å²) in [5, 5.41) is 23.9. The first kappa shape index (κ1) is 16.2. The van der Waals surface area contributed by atoms with Crippen LogP contribution >= 0.6 is 11.3 Å². The Labute approximate surface area is 140 Å². The van der Waals surface area contributed by atoms with E-state index in [4.69, 9.17) is 0 Å². The zero-order chi connectivity index (χ0) is 16.2. The zero-order valence-corrected chi connectivity index (χ0v) is 13.7. The minimum atomic E-state index is -0.801. The monoisotopic (exact) mass is 331 g/mol. The van der Waals surface area contributed by atoms with E-state index in [0.29, 0.717) is 13.1 Å². The topological polar surface area (TPSA) is 60.8 Å². The molecule has 0 amide bonds. The number of nitrogens with zero attached hydrogens (tertiary/aromatic N) is 1. The van der Waals surface area contributed by atoms with Crippen LogP contribution in [0, 0.1) is 5.92 Å². The molecule has 23 heavy (non-hydrogen) atoms. The number of carboxylic acid groups (broad SMARTS) is 1. The molecule has 1 fully saturated rings. The fourth-order valence-corrected chi connectivity index (χ4v) is 4.03. The number of aliphatic carboxylic acids is 1. The molecule has 0 saturated carbocycles. The number of likely N-dealkylation sites (tertiary alicyclic amines) is 1. The van der Waals surface area contributed by atoms with Crippen LogP contribution in [-0.2, 0) is 4.79 Å². The Morgan fingerprint density at radius 1 is 1.13 bits per heavy atom. The summed E-state index contributed by atoms with van der Waals surface area (Å²) in [5.74, 6) is -0.615. The molecule has 0 radical (unpaired) electrons. The smallest absolute Gasteiger partial charge is 0.325 e. The molecule has 0 aliphatic carbocycles. The standard InChI is InChI=1S/C18H21NO3S/c20-17(13-4-2-1-3-5-13)14-6-9-19(10-7-14)16(18(21)22)15-8-11-23-12-15/h1-5,8,11-12,14,16-17,20H,6-7,9-10H2,(H,21,22). The number of carbonyl (C=O) groups is 1. The van der Waals surface area contributed by atoms with E-state index in [1.54, 1.807) is 0 Å². The Hall–Kier alpha value is -1.69. The molecule has 0 bridgehead atoms. The number of hydrogen-bond acceptors (Lipinski definition) is 4. The van der Waals surface area contributed by atoms with Crippen LogP contribution < -0.4 is 0 Å². The summed E-state index contributed by atoms with van der Waals surface area (Å²) in [6.45, 7) is 1.39. The lowest BCUT2D eigenvalue weighted by atomic mass is 9.86. The van der Waals surface area contributed by atoms with Gasteiger partial charge < -0.3 is 10.2 Å². The van der Waals surface area contributed by atoms with E-state index in [2.05, 4.69) is 0 Å². The van der Waals surface area contributed by atoms with Crippen LogP contribution in [0.5, 0.6) is 0 Å². The predicted octanol–water partition coefficient (Wildman–Crippen LogP) is 3.32. The van der Waals surface area contributed by atoms with Gasteiger partial charge in [0.15, 0.2) is 0 Å². The molecule has 2 unspecified atom stereocenters. The number of aliphatic hydroxyl groups excluding tert-OH is 1. The maximum Gasteiger partial charge on any atom is 0.325 e. The third kappa shape index (κ3) is 3.63. The van der Waals surface area contributed by atoms with Crippen molar-refractivity contribution in [2.75, 3.05) is 13.1 Å². The van der Waals surface area contributed by atoms with Crippen LogP contribution in [-0.4, -0.2) is 34.2 Å². The molecule has 3 rings (SSSR count). The molecule has 4 nitrogen and oxygen atoms in total. The SMILES string of the molecule is O=C(O)C(c1ccsc1)N1CCC(C(O)c2ccccc2)CC1. The van der Waals surface area contributed by atoms with Crippen molar-refractivity contribution in [3.8, 4) is 0 Å². The van der Waals surface area contributed by atoms with Gasteiger partial charge in [0.2, 0.25) is 0 Å². The lowest BCUT2D eigenvalue weighted by molar-refractivity contribution is -0.144. The molecule has 2 N–H and O–H groups in total. The zero-order valence-electron chi connectivity index (χ0n) is 12.8. The van der Waals surface area contributed by atoms with E-state index in [0.717, 1.165) is 24.0 Å². The predicted molar refractivity (Wildman–Crippen MR) is 90.4 cm³/mol. The number of piperidine rings is 1. The van der Waals surface area contributed by atoms with E-state index in [1.807, 2.05) is 52.1 Å². The van der Waals surface area contributed by atoms with Crippen molar-refractivity contribution in [1.29, 1.82) is 0 Å². The molecule has 2 heterocycles. The number of carboxylic acids is 1. The molecule has 0 spiro atoms. The molecule has 1 aromatic heterocycles. The van der Waals surface area contributed by atoms with Gasteiger partial charge in [0.25, 0.3) is 0 Å². The fourth-order valence-electron chi connectivity index (χ4n) is 3.36. The largest absolute Gasteiger partial charge is 0.480 e. The van der Waals surface area contributed by atoms with Gasteiger partial charge in [0, 0.05) is 0 Å². The summed E-state index contributed by atoms with van der Waals surface area (Å²) in [4.78, 5) is 13.7. The van der Waals surface area contributed by atoms with Gasteiger partial charge in [-0.15, -0.1) is 0 Å².